The summed E-state index contributed by atoms with van der Waals surface area (Å²) in [7, 11) is 1.88. The lowest BCUT2D eigenvalue weighted by atomic mass is 10.2. The second kappa shape index (κ2) is 5.51. The van der Waals surface area contributed by atoms with Crippen molar-refractivity contribution in [3.8, 4) is 11.4 Å². The Balaban J connectivity index is 1.86. The van der Waals surface area contributed by atoms with Gasteiger partial charge in [-0.3, -0.25) is 4.90 Å². The lowest BCUT2D eigenvalue weighted by Crippen LogP contribution is -2.99. The fourth-order valence-corrected chi connectivity index (χ4v) is 2.54. The van der Waals surface area contributed by atoms with Gasteiger partial charge in [0.25, 0.3) is 0 Å². The van der Waals surface area contributed by atoms with Gasteiger partial charge in [0.1, 0.15) is 0 Å². The van der Waals surface area contributed by atoms with Crippen LogP contribution in [-0.2, 0) is 0 Å². The van der Waals surface area contributed by atoms with Crippen molar-refractivity contribution in [2.45, 2.75) is 18.6 Å². The van der Waals surface area contributed by atoms with Crippen molar-refractivity contribution in [1.29, 1.82) is 0 Å². The summed E-state index contributed by atoms with van der Waals surface area (Å²) in [5.74, 6) is 0.785. The number of β-amino-alcohol motifs (C(OH)–C–C–N with tert-alkyl or cyclic N) is 1. The van der Waals surface area contributed by atoms with Crippen LogP contribution < -0.4 is 5.23 Å². The van der Waals surface area contributed by atoms with Crippen LogP contribution >= 0.6 is 0 Å². The molecule has 8 heteroatoms. The van der Waals surface area contributed by atoms with Gasteiger partial charge in [-0.05, 0) is 13.5 Å². The third kappa shape index (κ3) is 2.80. The topological polar surface area (TPSA) is 110 Å². The number of aromatic nitrogens is 2. The first-order chi connectivity index (χ1) is 10.0. The molecule has 1 aliphatic rings. The second-order valence-corrected chi connectivity index (χ2v) is 5.19. The highest BCUT2D eigenvalue weighted by molar-refractivity contribution is 5.58. The highest BCUT2D eigenvalue weighted by Gasteiger charge is 2.33. The molecule has 1 aromatic carbocycles. The number of benzene rings is 1. The molecular formula is C13H16N4O4. The number of rotatable bonds is 3. The van der Waals surface area contributed by atoms with Crippen LogP contribution in [0.25, 0.3) is 11.4 Å². The quantitative estimate of drug-likeness (QED) is 0.676. The van der Waals surface area contributed by atoms with Crippen molar-refractivity contribution in [3.63, 3.8) is 0 Å². The first-order valence-electron chi connectivity index (χ1n) is 6.60. The average molecular weight is 292 g/mol. The Morgan fingerprint density at radius 2 is 2.29 bits per heavy atom. The van der Waals surface area contributed by atoms with E-state index in [1.165, 1.54) is 12.1 Å². The third-order valence-corrected chi connectivity index (χ3v) is 3.62. The number of nitrogens with zero attached hydrogens (tertiary/aromatic N) is 3. The maximum absolute atomic E-state index is 11.0. The molecule has 1 saturated heterocycles. The number of aliphatic hydroxyl groups excluding tert-OH is 1. The minimum atomic E-state index is -1.00. The van der Waals surface area contributed by atoms with Crippen LogP contribution in [0.5, 0.6) is 0 Å². The molecule has 2 heterocycles. The smallest absolute Gasteiger partial charge is 0.244 e. The zero-order chi connectivity index (χ0) is 15.0. The van der Waals surface area contributed by atoms with Gasteiger partial charge in [0.15, 0.2) is 5.69 Å². The average Bonchev–Trinajstić information content (AvgIpc) is 3.05. The molecule has 1 aromatic heterocycles. The molecule has 21 heavy (non-hydrogen) atoms. The number of likely N-dealkylation sites (tertiary alicyclic amines) is 1. The molecule has 0 aliphatic carbocycles. The van der Waals surface area contributed by atoms with E-state index in [1.54, 1.807) is 12.1 Å². The Morgan fingerprint density at radius 1 is 1.48 bits per heavy atom. The lowest BCUT2D eigenvalue weighted by Gasteiger charge is -2.13. The number of hydrogen-bond donors (Lipinski definition) is 3. The van der Waals surface area contributed by atoms with Crippen LogP contribution in [0.1, 0.15) is 18.4 Å². The Kier molecular flexibility index (Phi) is 3.70. The largest absolute Gasteiger partial charge is 0.595 e. The van der Waals surface area contributed by atoms with Crippen molar-refractivity contribution in [1.82, 2.24) is 15.0 Å². The van der Waals surface area contributed by atoms with E-state index >= 15 is 0 Å². The minimum absolute atomic E-state index is 0.107. The highest BCUT2D eigenvalue weighted by atomic mass is 16.8. The van der Waals surface area contributed by atoms with Gasteiger partial charge in [-0.2, -0.15) is 10.2 Å². The maximum atomic E-state index is 11.0. The molecule has 0 radical (unpaired) electrons. The zero-order valence-electron chi connectivity index (χ0n) is 11.4. The Hall–Kier alpha value is -1.84. The van der Waals surface area contributed by atoms with E-state index in [1.807, 2.05) is 11.9 Å². The van der Waals surface area contributed by atoms with Gasteiger partial charge < -0.3 is 14.8 Å². The van der Waals surface area contributed by atoms with E-state index in [2.05, 4.69) is 10.1 Å². The first kappa shape index (κ1) is 14.1. The van der Waals surface area contributed by atoms with Gasteiger partial charge in [-0.15, -0.1) is 0 Å². The summed E-state index contributed by atoms with van der Waals surface area (Å²) in [5.41, 5.74) is 0.762. The fraction of sp³-hybridized carbons (Fsp3) is 0.385. The molecule has 3 rings (SSSR count). The molecule has 2 aromatic rings. The van der Waals surface area contributed by atoms with Crippen LogP contribution in [0.15, 0.2) is 28.8 Å². The van der Waals surface area contributed by atoms with Gasteiger partial charge in [-0.1, -0.05) is 17.3 Å². The second-order valence-electron chi connectivity index (χ2n) is 5.19. The minimum Gasteiger partial charge on any atom is -0.595 e. The van der Waals surface area contributed by atoms with Crippen LogP contribution in [0.3, 0.4) is 0 Å². The molecule has 112 valence electrons. The van der Waals surface area contributed by atoms with E-state index in [-0.39, 0.29) is 11.7 Å². The van der Waals surface area contributed by atoms with E-state index in [0.29, 0.717) is 30.2 Å². The van der Waals surface area contributed by atoms with Gasteiger partial charge in [-0.25, -0.2) is 5.21 Å². The van der Waals surface area contributed by atoms with Crippen LogP contribution in [0, 0.1) is 5.21 Å². The predicted molar refractivity (Wildman–Crippen MR) is 71.5 cm³/mol. The number of quaternary nitrogens is 1. The Morgan fingerprint density at radius 3 is 2.95 bits per heavy atom. The molecule has 0 bridgehead atoms. The van der Waals surface area contributed by atoms with Gasteiger partial charge in [0.2, 0.25) is 11.7 Å². The SMILES string of the molecule is CN1CC(O)CC1c1nc(-c2cccc([NH+]([O-])O)c2)no1. The summed E-state index contributed by atoms with van der Waals surface area (Å²) < 4.78 is 5.26. The lowest BCUT2D eigenvalue weighted by molar-refractivity contribution is -0.991. The van der Waals surface area contributed by atoms with Crippen molar-refractivity contribution < 1.29 is 20.1 Å². The van der Waals surface area contributed by atoms with Gasteiger partial charge in [0, 0.05) is 24.2 Å². The molecule has 1 fully saturated rings. The van der Waals surface area contributed by atoms with Crippen LogP contribution in [0.2, 0.25) is 0 Å². The number of aliphatic hydroxyl groups is 1. The summed E-state index contributed by atoms with van der Waals surface area (Å²) >= 11 is 0. The Bertz CT molecular complexity index is 630. The zero-order valence-corrected chi connectivity index (χ0v) is 11.4. The summed E-state index contributed by atoms with van der Waals surface area (Å²) in [5, 5.41) is 32.5. The molecule has 1 aliphatic heterocycles. The highest BCUT2D eigenvalue weighted by Crippen LogP contribution is 2.30. The van der Waals surface area contributed by atoms with E-state index in [0.717, 1.165) is 0 Å². The fourth-order valence-electron chi connectivity index (χ4n) is 2.54. The van der Waals surface area contributed by atoms with Crippen LogP contribution in [0.4, 0.5) is 5.69 Å². The predicted octanol–water partition coefficient (Wildman–Crippen LogP) is -0.122. The molecule has 3 N–H and O–H groups in total. The number of nitrogens with one attached hydrogen (secondary N) is 1. The standard InChI is InChI=1S/C13H16N4O4/c1-16-7-10(18)6-11(16)13-14-12(15-21-13)8-3-2-4-9(5-8)17(19)20/h2-5,10-11,17-19H,6-7H2,1H3. The maximum Gasteiger partial charge on any atom is 0.244 e. The van der Waals surface area contributed by atoms with Crippen molar-refractivity contribution >= 4 is 5.69 Å². The van der Waals surface area contributed by atoms with E-state index in [9.17, 15) is 10.3 Å². The molecular weight excluding hydrogens is 276 g/mol. The monoisotopic (exact) mass is 292 g/mol. The van der Waals surface area contributed by atoms with Gasteiger partial charge >= 0.3 is 0 Å². The molecule has 3 atom stereocenters. The van der Waals surface area contributed by atoms with Crippen molar-refractivity contribution in [3.05, 3.63) is 35.4 Å². The third-order valence-electron chi connectivity index (χ3n) is 3.62. The summed E-state index contributed by atoms with van der Waals surface area (Å²) in [6.45, 7) is 0.566. The molecule has 8 nitrogen and oxygen atoms in total. The van der Waals surface area contributed by atoms with Crippen molar-refractivity contribution in [2.24, 2.45) is 0 Å². The van der Waals surface area contributed by atoms with E-state index < -0.39 is 11.3 Å². The molecule has 3 unspecified atom stereocenters. The summed E-state index contributed by atoms with van der Waals surface area (Å²) in [6, 6.07) is 6.27. The van der Waals surface area contributed by atoms with Gasteiger partial charge in [0.05, 0.1) is 12.1 Å². The Labute approximate surface area is 120 Å². The summed E-state index contributed by atoms with van der Waals surface area (Å²) in [4.78, 5) is 6.28. The molecule has 0 spiro atoms. The number of hydrogen-bond acceptors (Lipinski definition) is 7. The summed E-state index contributed by atoms with van der Waals surface area (Å²) in [6.07, 6.45) is 0.151. The first-order valence-corrected chi connectivity index (χ1v) is 6.60. The van der Waals surface area contributed by atoms with Crippen molar-refractivity contribution in [2.75, 3.05) is 13.6 Å². The van der Waals surface area contributed by atoms with Crippen LogP contribution in [-0.4, -0.2) is 45.1 Å². The van der Waals surface area contributed by atoms with E-state index in [4.69, 9.17) is 9.73 Å². The molecule has 0 saturated carbocycles. The number of likely N-dealkylation sites (N-methyl/N-ethyl adjacent to an activating group) is 1. The normalized spacial score (nSPS) is 24.4. The molecule has 0 amide bonds.